The molecule has 1 fully saturated rings. The van der Waals surface area contributed by atoms with Crippen LogP contribution >= 0.6 is 11.6 Å². The van der Waals surface area contributed by atoms with Crippen LogP contribution < -0.4 is 15.5 Å². The van der Waals surface area contributed by atoms with E-state index in [1.807, 2.05) is 25.7 Å². The number of ether oxygens (including phenoxy) is 1. The number of pyridine rings is 1. The second kappa shape index (κ2) is 7.75. The van der Waals surface area contributed by atoms with E-state index in [1.54, 1.807) is 12.1 Å². The lowest BCUT2D eigenvalue weighted by molar-refractivity contribution is -0.114. The highest BCUT2D eigenvalue weighted by Gasteiger charge is 2.29. The first-order chi connectivity index (χ1) is 13.1. The molecule has 0 aliphatic carbocycles. The van der Waals surface area contributed by atoms with E-state index >= 15 is 0 Å². The van der Waals surface area contributed by atoms with Crippen molar-refractivity contribution in [2.45, 2.75) is 45.8 Å². The zero-order valence-corrected chi connectivity index (χ0v) is 17.0. The zero-order valence-electron chi connectivity index (χ0n) is 16.2. The fourth-order valence-corrected chi connectivity index (χ4v) is 3.10. The average molecular weight is 407 g/mol. The van der Waals surface area contributed by atoms with E-state index in [9.17, 15) is 9.59 Å². The van der Waals surface area contributed by atoms with Crippen LogP contribution in [0.1, 0.15) is 34.1 Å². The highest BCUT2D eigenvalue weighted by Crippen LogP contribution is 2.28. The van der Waals surface area contributed by atoms with Crippen molar-refractivity contribution in [1.82, 2.24) is 20.3 Å². The first kappa shape index (κ1) is 20.1. The lowest BCUT2D eigenvalue weighted by atomic mass is 10.2. The van der Waals surface area contributed by atoms with E-state index in [0.717, 1.165) is 6.42 Å². The van der Waals surface area contributed by atoms with Crippen molar-refractivity contribution >= 4 is 46.4 Å². The summed E-state index contributed by atoms with van der Waals surface area (Å²) in [4.78, 5) is 38.6. The van der Waals surface area contributed by atoms with Gasteiger partial charge >= 0.3 is 6.09 Å². The Morgan fingerprint density at radius 1 is 1.25 bits per heavy atom. The molecule has 1 saturated heterocycles. The Bertz CT molecular complexity index is 914. The molecule has 2 N–H and O–H groups in total. The van der Waals surface area contributed by atoms with Gasteiger partial charge in [0.15, 0.2) is 5.82 Å². The molecule has 0 unspecified atom stereocenters. The second-order valence-electron chi connectivity index (χ2n) is 7.63. The quantitative estimate of drug-likeness (QED) is 0.754. The van der Waals surface area contributed by atoms with Crippen molar-refractivity contribution < 1.29 is 14.3 Å². The number of hydrogen-bond donors (Lipinski definition) is 2. The van der Waals surface area contributed by atoms with Gasteiger partial charge in [0.05, 0.1) is 11.6 Å². The van der Waals surface area contributed by atoms with E-state index in [0.29, 0.717) is 35.1 Å². The van der Waals surface area contributed by atoms with Gasteiger partial charge in [0.1, 0.15) is 16.3 Å². The molecule has 3 rings (SSSR count). The molecule has 3 heterocycles. The summed E-state index contributed by atoms with van der Waals surface area (Å²) in [5, 5.41) is 5.81. The Balaban J connectivity index is 1.83. The van der Waals surface area contributed by atoms with Gasteiger partial charge < -0.3 is 15.0 Å². The fraction of sp³-hybridized carbons (Fsp3) is 0.500. The van der Waals surface area contributed by atoms with Crippen LogP contribution in [0, 0.1) is 0 Å². The SMILES string of the molecule is CC(=O)Nc1nc(N2CC[C@H](NC(=O)OC(C)(C)C)C2)c2nc(Cl)ccc2n1. The maximum Gasteiger partial charge on any atom is 0.407 e. The predicted molar refractivity (Wildman–Crippen MR) is 107 cm³/mol. The minimum atomic E-state index is -0.556. The van der Waals surface area contributed by atoms with Crippen molar-refractivity contribution in [1.29, 1.82) is 0 Å². The zero-order chi connectivity index (χ0) is 20.5. The van der Waals surface area contributed by atoms with E-state index < -0.39 is 11.7 Å². The van der Waals surface area contributed by atoms with Crippen LogP contribution in [-0.2, 0) is 9.53 Å². The maximum absolute atomic E-state index is 12.0. The molecule has 10 heteroatoms. The van der Waals surface area contributed by atoms with Gasteiger partial charge in [-0.05, 0) is 39.3 Å². The van der Waals surface area contributed by atoms with Crippen LogP contribution in [0.4, 0.5) is 16.6 Å². The van der Waals surface area contributed by atoms with E-state index in [4.69, 9.17) is 16.3 Å². The van der Waals surface area contributed by atoms with Gasteiger partial charge in [-0.3, -0.25) is 10.1 Å². The Morgan fingerprint density at radius 3 is 2.68 bits per heavy atom. The molecule has 1 atom stereocenters. The summed E-state index contributed by atoms with van der Waals surface area (Å²) < 4.78 is 5.32. The van der Waals surface area contributed by atoms with Crippen molar-refractivity contribution in [2.24, 2.45) is 0 Å². The molecule has 0 spiro atoms. The van der Waals surface area contributed by atoms with Gasteiger partial charge in [-0.15, -0.1) is 0 Å². The monoisotopic (exact) mass is 406 g/mol. The molecular formula is C18H23ClN6O3. The summed E-state index contributed by atoms with van der Waals surface area (Å²) in [6.45, 7) is 8.03. The number of aromatic nitrogens is 3. The Labute approximate surface area is 167 Å². The van der Waals surface area contributed by atoms with E-state index in [1.165, 1.54) is 6.92 Å². The number of carbonyl (C=O) groups excluding carboxylic acids is 2. The first-order valence-corrected chi connectivity index (χ1v) is 9.35. The number of rotatable bonds is 3. The van der Waals surface area contributed by atoms with Crippen LogP contribution in [0.2, 0.25) is 5.15 Å². The van der Waals surface area contributed by atoms with Crippen molar-refractivity contribution in [3.63, 3.8) is 0 Å². The highest BCUT2D eigenvalue weighted by atomic mass is 35.5. The summed E-state index contributed by atoms with van der Waals surface area (Å²) in [7, 11) is 0. The molecule has 0 radical (unpaired) electrons. The standard InChI is InChI=1S/C18H23ClN6O3/c1-10(26)20-16-22-12-5-6-13(19)23-14(12)15(24-16)25-8-7-11(9-25)21-17(27)28-18(2,3)4/h5-6,11H,7-9H2,1-4H3,(H,21,27)(H,20,22,24,26)/t11-/m0/s1. The third-order valence-corrected chi connectivity index (χ3v) is 4.20. The van der Waals surface area contributed by atoms with Gasteiger partial charge in [0.2, 0.25) is 11.9 Å². The van der Waals surface area contributed by atoms with Gasteiger partial charge in [0, 0.05) is 20.0 Å². The fourth-order valence-electron chi connectivity index (χ4n) is 2.95. The number of fused-ring (bicyclic) bond motifs is 1. The summed E-state index contributed by atoms with van der Waals surface area (Å²) in [6, 6.07) is 3.27. The second-order valence-corrected chi connectivity index (χ2v) is 8.02. The Morgan fingerprint density at radius 2 is 2.00 bits per heavy atom. The molecule has 28 heavy (non-hydrogen) atoms. The maximum atomic E-state index is 12.0. The van der Waals surface area contributed by atoms with Crippen molar-refractivity contribution in [3.05, 3.63) is 17.3 Å². The molecule has 1 aliphatic heterocycles. The number of amides is 2. The molecule has 1 aliphatic rings. The van der Waals surface area contributed by atoms with Crippen LogP contribution in [0.25, 0.3) is 11.0 Å². The number of alkyl carbamates (subject to hydrolysis) is 1. The van der Waals surface area contributed by atoms with Gasteiger partial charge in [0.25, 0.3) is 0 Å². The van der Waals surface area contributed by atoms with Gasteiger partial charge in [-0.1, -0.05) is 11.6 Å². The van der Waals surface area contributed by atoms with Crippen LogP contribution in [0.5, 0.6) is 0 Å². The van der Waals surface area contributed by atoms with Gasteiger partial charge in [-0.2, -0.15) is 4.98 Å². The molecule has 150 valence electrons. The van der Waals surface area contributed by atoms with Crippen molar-refractivity contribution in [2.75, 3.05) is 23.3 Å². The molecular weight excluding hydrogens is 384 g/mol. The Hall–Kier alpha value is -2.68. The Kier molecular flexibility index (Phi) is 5.55. The third kappa shape index (κ3) is 4.98. The number of carbonyl (C=O) groups is 2. The smallest absolute Gasteiger partial charge is 0.407 e. The number of halogens is 1. The summed E-state index contributed by atoms with van der Waals surface area (Å²) in [6.07, 6.45) is 0.271. The highest BCUT2D eigenvalue weighted by molar-refractivity contribution is 6.29. The normalized spacial score (nSPS) is 16.9. The van der Waals surface area contributed by atoms with E-state index in [-0.39, 0.29) is 17.9 Å². The topological polar surface area (TPSA) is 109 Å². The summed E-state index contributed by atoms with van der Waals surface area (Å²) >= 11 is 6.05. The number of hydrogen-bond acceptors (Lipinski definition) is 7. The molecule has 0 saturated carbocycles. The largest absolute Gasteiger partial charge is 0.444 e. The number of nitrogens with one attached hydrogen (secondary N) is 2. The average Bonchev–Trinajstić information content (AvgIpc) is 3.00. The van der Waals surface area contributed by atoms with Crippen LogP contribution in [0.15, 0.2) is 12.1 Å². The third-order valence-electron chi connectivity index (χ3n) is 3.99. The molecule has 2 amide bonds. The molecule has 2 aromatic rings. The number of anilines is 2. The minimum Gasteiger partial charge on any atom is -0.444 e. The lowest BCUT2D eigenvalue weighted by Crippen LogP contribution is -2.40. The van der Waals surface area contributed by atoms with Crippen LogP contribution in [0.3, 0.4) is 0 Å². The number of nitrogens with zero attached hydrogens (tertiary/aromatic N) is 4. The molecule has 0 aromatic carbocycles. The lowest BCUT2D eigenvalue weighted by Gasteiger charge is -2.22. The van der Waals surface area contributed by atoms with E-state index in [2.05, 4.69) is 25.6 Å². The molecule has 2 aromatic heterocycles. The van der Waals surface area contributed by atoms with Crippen LogP contribution in [-0.4, -0.2) is 51.7 Å². The predicted octanol–water partition coefficient (Wildman–Crippen LogP) is 2.74. The summed E-state index contributed by atoms with van der Waals surface area (Å²) in [5.74, 6) is 0.491. The van der Waals surface area contributed by atoms with Crippen molar-refractivity contribution in [3.8, 4) is 0 Å². The minimum absolute atomic E-state index is 0.0942. The van der Waals surface area contributed by atoms with Gasteiger partial charge in [-0.25, -0.2) is 14.8 Å². The molecule has 9 nitrogen and oxygen atoms in total. The summed E-state index contributed by atoms with van der Waals surface area (Å²) in [5.41, 5.74) is 0.556. The molecule has 0 bridgehead atoms. The first-order valence-electron chi connectivity index (χ1n) is 8.97.